The molecule has 0 aliphatic rings. The highest BCUT2D eigenvalue weighted by Crippen LogP contribution is 2.05. The Bertz CT molecular complexity index is 256. The number of rotatable bonds is 7. The second-order valence-electron chi connectivity index (χ2n) is 4.17. The molecule has 2 unspecified atom stereocenters. The fraction of sp³-hybridized carbons (Fsp3) is 0.833. The van der Waals surface area contributed by atoms with E-state index >= 15 is 0 Å². The Balaban J connectivity index is 4.51. The fourth-order valence-corrected chi connectivity index (χ4v) is 1.65. The van der Waals surface area contributed by atoms with Crippen LogP contribution in [0.15, 0.2) is 0 Å². The molecular weight excluding hydrogens is 220 g/mol. The molecule has 0 aromatic carbocycles. The number of nitrogens with zero attached hydrogens (tertiary/aromatic N) is 1. The predicted molar refractivity (Wildman–Crippen MR) is 67.0 cm³/mol. The van der Waals surface area contributed by atoms with Gasteiger partial charge < -0.3 is 15.3 Å². The molecule has 0 heterocycles. The zero-order chi connectivity index (χ0) is 13.4. The van der Waals surface area contributed by atoms with Crippen LogP contribution in [0.25, 0.3) is 0 Å². The Morgan fingerprint density at radius 2 is 1.88 bits per heavy atom. The van der Waals surface area contributed by atoms with E-state index < -0.39 is 12.0 Å². The molecule has 100 valence electrons. The molecule has 0 saturated heterocycles. The van der Waals surface area contributed by atoms with E-state index in [0.29, 0.717) is 13.0 Å². The number of hydrogen-bond donors (Lipinski definition) is 2. The number of amides is 2. The van der Waals surface area contributed by atoms with Crippen LogP contribution in [0.4, 0.5) is 4.79 Å². The second kappa shape index (κ2) is 7.92. The minimum Gasteiger partial charge on any atom is -0.480 e. The number of nitrogens with one attached hydrogen (secondary N) is 1. The van der Waals surface area contributed by atoms with Crippen molar-refractivity contribution in [1.29, 1.82) is 0 Å². The molecule has 0 fully saturated rings. The van der Waals surface area contributed by atoms with Crippen LogP contribution in [0.1, 0.15) is 47.0 Å². The maximum atomic E-state index is 11.9. The van der Waals surface area contributed by atoms with Crippen molar-refractivity contribution >= 4 is 12.0 Å². The van der Waals surface area contributed by atoms with Crippen LogP contribution in [0.5, 0.6) is 0 Å². The van der Waals surface area contributed by atoms with Gasteiger partial charge in [-0.15, -0.1) is 0 Å². The smallest absolute Gasteiger partial charge is 0.326 e. The lowest BCUT2D eigenvalue weighted by atomic mass is 10.1. The molecule has 2 atom stereocenters. The molecule has 0 aromatic rings. The molecule has 0 spiro atoms. The van der Waals surface area contributed by atoms with Crippen molar-refractivity contribution in [2.75, 3.05) is 6.54 Å². The third-order valence-electron chi connectivity index (χ3n) is 2.90. The van der Waals surface area contributed by atoms with E-state index in [0.717, 1.165) is 12.8 Å². The van der Waals surface area contributed by atoms with E-state index in [1.54, 1.807) is 4.90 Å². The average Bonchev–Trinajstić information content (AvgIpc) is 2.28. The van der Waals surface area contributed by atoms with E-state index in [9.17, 15) is 9.59 Å². The molecule has 0 aliphatic carbocycles. The topological polar surface area (TPSA) is 69.6 Å². The summed E-state index contributed by atoms with van der Waals surface area (Å²) < 4.78 is 0. The van der Waals surface area contributed by atoms with Crippen molar-refractivity contribution < 1.29 is 14.7 Å². The Labute approximate surface area is 103 Å². The van der Waals surface area contributed by atoms with E-state index in [-0.39, 0.29) is 12.1 Å². The number of urea groups is 1. The van der Waals surface area contributed by atoms with E-state index in [2.05, 4.69) is 5.32 Å². The van der Waals surface area contributed by atoms with Crippen molar-refractivity contribution in [3.05, 3.63) is 0 Å². The van der Waals surface area contributed by atoms with Gasteiger partial charge in [0, 0.05) is 12.6 Å². The van der Waals surface area contributed by atoms with Gasteiger partial charge in [-0.05, 0) is 26.7 Å². The van der Waals surface area contributed by atoms with E-state index in [1.165, 1.54) is 0 Å². The third kappa shape index (κ3) is 5.06. The maximum absolute atomic E-state index is 11.9. The highest BCUT2D eigenvalue weighted by molar-refractivity contribution is 5.82. The zero-order valence-electron chi connectivity index (χ0n) is 11.2. The lowest BCUT2D eigenvalue weighted by Gasteiger charge is -2.28. The molecule has 5 nitrogen and oxygen atoms in total. The van der Waals surface area contributed by atoms with Crippen LogP contribution in [0, 0.1) is 0 Å². The average molecular weight is 244 g/mol. The quantitative estimate of drug-likeness (QED) is 0.720. The van der Waals surface area contributed by atoms with Crippen LogP contribution in [0.3, 0.4) is 0 Å². The van der Waals surface area contributed by atoms with Gasteiger partial charge in [-0.2, -0.15) is 0 Å². The number of hydrogen-bond acceptors (Lipinski definition) is 2. The Hall–Kier alpha value is -1.26. The number of carbonyl (C=O) groups is 2. The molecule has 0 radical (unpaired) electrons. The summed E-state index contributed by atoms with van der Waals surface area (Å²) in [6.45, 7) is 8.33. The summed E-state index contributed by atoms with van der Waals surface area (Å²) in [6, 6.07) is -0.954. The molecule has 17 heavy (non-hydrogen) atoms. The van der Waals surface area contributed by atoms with Crippen molar-refractivity contribution in [3.63, 3.8) is 0 Å². The fourth-order valence-electron chi connectivity index (χ4n) is 1.65. The normalized spacial score (nSPS) is 13.9. The number of carbonyl (C=O) groups excluding carboxylic acids is 1. The standard InChI is InChI=1S/C12H24N2O3/c1-5-8-10(11(15)16)13-12(17)14(7-3)9(4)6-2/h9-10H,5-8H2,1-4H3,(H,13,17)(H,15,16). The third-order valence-corrected chi connectivity index (χ3v) is 2.90. The Morgan fingerprint density at radius 1 is 1.29 bits per heavy atom. The first-order chi connectivity index (χ1) is 7.97. The van der Waals surface area contributed by atoms with Gasteiger partial charge in [0.05, 0.1) is 0 Å². The molecule has 2 N–H and O–H groups in total. The van der Waals surface area contributed by atoms with Crippen molar-refractivity contribution in [2.45, 2.75) is 59.0 Å². The van der Waals surface area contributed by atoms with Crippen molar-refractivity contribution in [1.82, 2.24) is 10.2 Å². The lowest BCUT2D eigenvalue weighted by Crippen LogP contribution is -2.50. The Morgan fingerprint density at radius 3 is 2.24 bits per heavy atom. The molecule has 0 aromatic heterocycles. The summed E-state index contributed by atoms with van der Waals surface area (Å²) in [7, 11) is 0. The molecule has 0 saturated carbocycles. The van der Waals surface area contributed by atoms with Crippen LogP contribution in [-0.2, 0) is 4.79 Å². The minimum absolute atomic E-state index is 0.121. The first-order valence-electron chi connectivity index (χ1n) is 6.27. The monoisotopic (exact) mass is 244 g/mol. The SMILES string of the molecule is CCCC(NC(=O)N(CC)C(C)CC)C(=O)O. The number of carboxylic acid groups (broad SMARTS) is 1. The number of carboxylic acids is 1. The Kier molecular flexibility index (Phi) is 7.34. The minimum atomic E-state index is -0.972. The first kappa shape index (κ1) is 15.7. The predicted octanol–water partition coefficient (Wildman–Crippen LogP) is 2.07. The van der Waals surface area contributed by atoms with Crippen LogP contribution >= 0.6 is 0 Å². The second-order valence-corrected chi connectivity index (χ2v) is 4.17. The molecule has 0 bridgehead atoms. The van der Waals surface area contributed by atoms with Gasteiger partial charge in [0.25, 0.3) is 0 Å². The lowest BCUT2D eigenvalue weighted by molar-refractivity contribution is -0.139. The summed E-state index contributed by atoms with van der Waals surface area (Å²) in [4.78, 5) is 24.5. The zero-order valence-corrected chi connectivity index (χ0v) is 11.2. The van der Waals surface area contributed by atoms with Gasteiger partial charge in [0.2, 0.25) is 0 Å². The largest absolute Gasteiger partial charge is 0.480 e. The van der Waals surface area contributed by atoms with Crippen molar-refractivity contribution in [2.24, 2.45) is 0 Å². The summed E-state index contributed by atoms with van der Waals surface area (Å²) >= 11 is 0. The maximum Gasteiger partial charge on any atom is 0.326 e. The first-order valence-corrected chi connectivity index (χ1v) is 6.27. The van der Waals surface area contributed by atoms with E-state index in [1.807, 2.05) is 27.7 Å². The van der Waals surface area contributed by atoms with Crippen LogP contribution in [0.2, 0.25) is 0 Å². The summed E-state index contributed by atoms with van der Waals surface area (Å²) in [5.74, 6) is -0.972. The van der Waals surface area contributed by atoms with Gasteiger partial charge in [-0.3, -0.25) is 0 Å². The van der Waals surface area contributed by atoms with Gasteiger partial charge in [-0.25, -0.2) is 9.59 Å². The van der Waals surface area contributed by atoms with Gasteiger partial charge >= 0.3 is 12.0 Å². The highest BCUT2D eigenvalue weighted by Gasteiger charge is 2.23. The number of aliphatic carboxylic acids is 1. The van der Waals surface area contributed by atoms with E-state index in [4.69, 9.17) is 5.11 Å². The summed E-state index contributed by atoms with van der Waals surface area (Å²) in [6.07, 6.45) is 2.04. The van der Waals surface area contributed by atoms with Gasteiger partial charge in [0.1, 0.15) is 6.04 Å². The highest BCUT2D eigenvalue weighted by atomic mass is 16.4. The summed E-state index contributed by atoms with van der Waals surface area (Å²) in [5.41, 5.74) is 0. The summed E-state index contributed by atoms with van der Waals surface area (Å²) in [5, 5.41) is 11.5. The van der Waals surface area contributed by atoms with Gasteiger partial charge in [0.15, 0.2) is 0 Å². The molecular formula is C12H24N2O3. The van der Waals surface area contributed by atoms with Crippen LogP contribution < -0.4 is 5.32 Å². The van der Waals surface area contributed by atoms with Crippen molar-refractivity contribution in [3.8, 4) is 0 Å². The van der Waals surface area contributed by atoms with Gasteiger partial charge in [-0.1, -0.05) is 20.3 Å². The molecule has 5 heteroatoms. The molecule has 2 amide bonds. The molecule has 0 rings (SSSR count). The molecule has 0 aliphatic heterocycles. The van der Waals surface area contributed by atoms with Crippen LogP contribution in [-0.4, -0.2) is 40.6 Å².